The van der Waals surface area contributed by atoms with Crippen LogP contribution in [0.1, 0.15) is 29.1 Å². The molecule has 2 aliphatic heterocycles. The molecule has 5 heteroatoms. The minimum absolute atomic E-state index is 0.729. The highest BCUT2D eigenvalue weighted by Gasteiger charge is 2.28. The second-order valence-corrected chi connectivity index (χ2v) is 7.27. The molecular weight excluding hydrogens is 292 g/mol. The average molecular weight is 314 g/mol. The summed E-state index contributed by atoms with van der Waals surface area (Å²) in [4.78, 5) is 15.5. The number of hydrogen-bond acceptors (Lipinski definition) is 5. The smallest absolute Gasteiger partial charge is 0.132 e. The van der Waals surface area contributed by atoms with Gasteiger partial charge in [-0.25, -0.2) is 9.97 Å². The Morgan fingerprint density at radius 1 is 1.18 bits per heavy atom. The van der Waals surface area contributed by atoms with E-state index in [1.54, 1.807) is 10.4 Å². The van der Waals surface area contributed by atoms with Gasteiger partial charge in [-0.15, -0.1) is 11.3 Å². The van der Waals surface area contributed by atoms with Crippen LogP contribution < -0.4 is 4.90 Å². The maximum absolute atomic E-state index is 4.56. The van der Waals surface area contributed by atoms with Crippen LogP contribution in [0.3, 0.4) is 0 Å². The van der Waals surface area contributed by atoms with E-state index in [4.69, 9.17) is 0 Å². The molecule has 0 radical (unpaired) electrons. The first-order chi connectivity index (χ1) is 10.8. The number of rotatable bonds is 2. The van der Waals surface area contributed by atoms with Gasteiger partial charge in [0.2, 0.25) is 0 Å². The Kier molecular flexibility index (Phi) is 3.84. The molecule has 0 spiro atoms. The summed E-state index contributed by atoms with van der Waals surface area (Å²) in [7, 11) is 0. The molecule has 0 saturated carbocycles. The molecule has 2 aromatic heterocycles. The molecule has 1 fully saturated rings. The van der Waals surface area contributed by atoms with Crippen molar-refractivity contribution in [2.75, 3.05) is 24.5 Å². The monoisotopic (exact) mass is 314 g/mol. The summed E-state index contributed by atoms with van der Waals surface area (Å²) in [5, 5.41) is 2.24. The number of anilines is 1. The van der Waals surface area contributed by atoms with Crippen molar-refractivity contribution in [3.63, 3.8) is 0 Å². The van der Waals surface area contributed by atoms with Gasteiger partial charge in [-0.3, -0.25) is 4.90 Å². The van der Waals surface area contributed by atoms with Crippen molar-refractivity contribution < 1.29 is 0 Å². The molecule has 2 aliphatic rings. The Labute approximate surface area is 135 Å². The van der Waals surface area contributed by atoms with Gasteiger partial charge >= 0.3 is 0 Å². The largest absolute Gasteiger partial charge is 0.356 e. The molecule has 116 valence electrons. The molecule has 4 nitrogen and oxygen atoms in total. The quantitative estimate of drug-likeness (QED) is 0.853. The van der Waals surface area contributed by atoms with Gasteiger partial charge in [0.15, 0.2) is 0 Å². The van der Waals surface area contributed by atoms with Crippen LogP contribution in [0.4, 0.5) is 5.82 Å². The third-order valence-electron chi connectivity index (χ3n) is 4.90. The van der Waals surface area contributed by atoms with E-state index in [2.05, 4.69) is 31.2 Å². The van der Waals surface area contributed by atoms with E-state index in [0.717, 1.165) is 37.3 Å². The minimum Gasteiger partial charge on any atom is -0.356 e. The van der Waals surface area contributed by atoms with Crippen molar-refractivity contribution in [1.29, 1.82) is 0 Å². The number of aromatic nitrogens is 2. The fourth-order valence-corrected chi connectivity index (χ4v) is 4.55. The van der Waals surface area contributed by atoms with Crippen LogP contribution in [0.25, 0.3) is 0 Å². The van der Waals surface area contributed by atoms with Gasteiger partial charge in [-0.2, -0.15) is 0 Å². The lowest BCUT2D eigenvalue weighted by atomic mass is 9.99. The Hall–Kier alpha value is -1.46. The summed E-state index contributed by atoms with van der Waals surface area (Å²) in [6.45, 7) is 6.55. The van der Waals surface area contributed by atoms with Crippen molar-refractivity contribution in [3.8, 4) is 0 Å². The number of thiophene rings is 1. The Bertz CT molecular complexity index is 646. The van der Waals surface area contributed by atoms with Gasteiger partial charge in [0.25, 0.3) is 0 Å². The maximum Gasteiger partial charge on any atom is 0.132 e. The first-order valence-corrected chi connectivity index (χ1v) is 9.01. The first-order valence-electron chi connectivity index (χ1n) is 8.13. The normalized spacial score (nSPS) is 20.1. The predicted octanol–water partition coefficient (Wildman–Crippen LogP) is 2.87. The molecule has 22 heavy (non-hydrogen) atoms. The van der Waals surface area contributed by atoms with E-state index < -0.39 is 0 Å². The first kappa shape index (κ1) is 14.2. The van der Waals surface area contributed by atoms with Crippen LogP contribution in [0.5, 0.6) is 0 Å². The van der Waals surface area contributed by atoms with Crippen LogP contribution in [0.15, 0.2) is 23.7 Å². The van der Waals surface area contributed by atoms with Crippen molar-refractivity contribution in [1.82, 2.24) is 14.9 Å². The van der Waals surface area contributed by atoms with Crippen LogP contribution >= 0.6 is 11.3 Å². The second kappa shape index (κ2) is 5.97. The highest BCUT2D eigenvalue weighted by atomic mass is 32.1. The summed E-state index contributed by atoms with van der Waals surface area (Å²) in [5.74, 6) is 1.95. The lowest BCUT2D eigenvalue weighted by Crippen LogP contribution is -2.46. The number of nitrogens with zero attached hydrogens (tertiary/aromatic N) is 4. The zero-order valence-electron chi connectivity index (χ0n) is 13.0. The maximum atomic E-state index is 4.56. The van der Waals surface area contributed by atoms with E-state index in [1.165, 1.54) is 25.8 Å². The third-order valence-corrected chi connectivity index (χ3v) is 5.93. The average Bonchev–Trinajstić information content (AvgIpc) is 3.02. The molecular formula is C17H22N4S. The second-order valence-electron chi connectivity index (χ2n) is 6.27. The van der Waals surface area contributed by atoms with Gasteiger partial charge in [-0.1, -0.05) is 0 Å². The number of fused-ring (bicyclic) bond motifs is 1. The molecule has 0 aromatic carbocycles. The van der Waals surface area contributed by atoms with Gasteiger partial charge in [0, 0.05) is 43.3 Å². The zero-order chi connectivity index (χ0) is 14.9. The van der Waals surface area contributed by atoms with Gasteiger partial charge < -0.3 is 4.90 Å². The molecule has 0 unspecified atom stereocenters. The predicted molar refractivity (Wildman–Crippen MR) is 90.4 cm³/mol. The van der Waals surface area contributed by atoms with Gasteiger partial charge in [0.1, 0.15) is 11.6 Å². The standard InChI is InChI=1S/C17H22N4S/c1-13-18-7-2-17(19-13)20-8-3-15(4-9-20)21-10-5-16-14(12-21)6-11-22-16/h2,6-7,11,15H,3-5,8-10,12H2,1H3. The molecule has 0 amide bonds. The number of aryl methyl sites for hydroxylation is 1. The van der Waals surface area contributed by atoms with Gasteiger partial charge in [-0.05, 0) is 49.3 Å². The molecule has 0 atom stereocenters. The van der Waals surface area contributed by atoms with Crippen LogP contribution in [-0.2, 0) is 13.0 Å². The van der Waals surface area contributed by atoms with Crippen molar-refractivity contribution in [3.05, 3.63) is 40.0 Å². The van der Waals surface area contributed by atoms with E-state index >= 15 is 0 Å². The Morgan fingerprint density at radius 2 is 2.05 bits per heavy atom. The lowest BCUT2D eigenvalue weighted by Gasteiger charge is -2.40. The summed E-state index contributed by atoms with van der Waals surface area (Å²) in [5.41, 5.74) is 1.56. The minimum atomic E-state index is 0.729. The highest BCUT2D eigenvalue weighted by Crippen LogP contribution is 2.28. The Balaban J connectivity index is 1.38. The summed E-state index contributed by atoms with van der Waals surface area (Å²) >= 11 is 1.92. The fraction of sp³-hybridized carbons (Fsp3) is 0.529. The third kappa shape index (κ3) is 2.75. The molecule has 0 aliphatic carbocycles. The van der Waals surface area contributed by atoms with Crippen LogP contribution in [0, 0.1) is 6.92 Å². The van der Waals surface area contributed by atoms with Crippen LogP contribution in [0.2, 0.25) is 0 Å². The van der Waals surface area contributed by atoms with Crippen LogP contribution in [-0.4, -0.2) is 40.5 Å². The fourth-order valence-electron chi connectivity index (χ4n) is 3.66. The van der Waals surface area contributed by atoms with Crippen molar-refractivity contribution in [2.45, 2.75) is 38.8 Å². The number of piperidine rings is 1. The molecule has 2 aromatic rings. The van der Waals surface area contributed by atoms with E-state index in [0.29, 0.717) is 0 Å². The van der Waals surface area contributed by atoms with E-state index in [-0.39, 0.29) is 0 Å². The molecule has 0 bridgehead atoms. The summed E-state index contributed by atoms with van der Waals surface area (Å²) < 4.78 is 0. The molecule has 4 rings (SSSR count). The molecule has 1 saturated heterocycles. The Morgan fingerprint density at radius 3 is 2.86 bits per heavy atom. The zero-order valence-corrected chi connectivity index (χ0v) is 13.9. The SMILES string of the molecule is Cc1nccc(N2CCC(N3CCc4sccc4C3)CC2)n1. The van der Waals surface area contributed by atoms with Crippen molar-refractivity contribution in [2.24, 2.45) is 0 Å². The molecule has 0 N–H and O–H groups in total. The van der Waals surface area contributed by atoms with E-state index in [9.17, 15) is 0 Å². The lowest BCUT2D eigenvalue weighted by molar-refractivity contribution is 0.154. The summed E-state index contributed by atoms with van der Waals surface area (Å²) in [6, 6.07) is 5.07. The number of hydrogen-bond donors (Lipinski definition) is 0. The topological polar surface area (TPSA) is 32.3 Å². The van der Waals surface area contributed by atoms with Gasteiger partial charge in [0.05, 0.1) is 0 Å². The highest BCUT2D eigenvalue weighted by molar-refractivity contribution is 7.10. The summed E-state index contributed by atoms with van der Waals surface area (Å²) in [6.07, 6.45) is 5.58. The molecule has 4 heterocycles. The van der Waals surface area contributed by atoms with E-state index in [1.807, 2.05) is 30.5 Å². The van der Waals surface area contributed by atoms with Crippen molar-refractivity contribution >= 4 is 17.2 Å².